The van der Waals surface area contributed by atoms with Crippen LogP contribution in [0.1, 0.15) is 34.3 Å². The van der Waals surface area contributed by atoms with Gasteiger partial charge in [0.2, 0.25) is 0 Å². The number of piperidine rings is 1. The summed E-state index contributed by atoms with van der Waals surface area (Å²) in [5, 5.41) is 12.0. The number of amides is 1. The van der Waals surface area contributed by atoms with Crippen molar-refractivity contribution in [2.24, 2.45) is 13.0 Å². The van der Waals surface area contributed by atoms with E-state index in [2.05, 4.69) is 5.32 Å². The average Bonchev–Trinajstić information content (AvgIpc) is 2.87. The summed E-state index contributed by atoms with van der Waals surface area (Å²) in [6.07, 6.45) is 1.65. The van der Waals surface area contributed by atoms with Crippen LogP contribution in [0.4, 0.5) is 24.5 Å². The van der Waals surface area contributed by atoms with E-state index in [0.29, 0.717) is 5.69 Å². The number of nitrogens with one attached hydrogen (secondary N) is 1. The minimum atomic E-state index is -3.41. The molecule has 1 aliphatic heterocycles. The van der Waals surface area contributed by atoms with Crippen molar-refractivity contribution in [2.45, 2.75) is 18.8 Å². The molecule has 2 aromatic carbocycles. The van der Waals surface area contributed by atoms with Gasteiger partial charge in [0.05, 0.1) is 28.6 Å². The summed E-state index contributed by atoms with van der Waals surface area (Å²) in [6, 6.07) is 12.8. The molecule has 0 unspecified atom stereocenters. The van der Waals surface area contributed by atoms with Gasteiger partial charge in [0.15, 0.2) is 0 Å². The molecule has 1 N–H and O–H groups in total. The minimum absolute atomic E-state index is 0.0368. The predicted molar refractivity (Wildman–Crippen MR) is 131 cm³/mol. The lowest BCUT2D eigenvalue weighted by atomic mass is 9.86. The van der Waals surface area contributed by atoms with Crippen LogP contribution in [0.15, 0.2) is 59.5 Å². The van der Waals surface area contributed by atoms with Crippen molar-refractivity contribution in [3.8, 4) is 6.07 Å². The number of pyridine rings is 1. The SMILES string of the molecule is Cn1cccc(C(=O)Nc2cc(C#N)ccc2N2CCC(C(F)(F)c3cc(Cl)ccc3F)CC2)c1=O. The molecule has 2 heterocycles. The van der Waals surface area contributed by atoms with Gasteiger partial charge in [-0.3, -0.25) is 9.59 Å². The fourth-order valence-electron chi connectivity index (χ4n) is 4.40. The van der Waals surface area contributed by atoms with Crippen molar-refractivity contribution in [3.63, 3.8) is 0 Å². The highest BCUT2D eigenvalue weighted by Gasteiger charge is 2.44. The van der Waals surface area contributed by atoms with Crippen LogP contribution in [0.5, 0.6) is 0 Å². The van der Waals surface area contributed by atoms with E-state index < -0.39 is 34.7 Å². The van der Waals surface area contributed by atoms with E-state index in [1.807, 2.05) is 11.0 Å². The maximum absolute atomic E-state index is 15.2. The van der Waals surface area contributed by atoms with Gasteiger partial charge in [0.1, 0.15) is 11.4 Å². The van der Waals surface area contributed by atoms with Crippen LogP contribution in [-0.4, -0.2) is 23.6 Å². The summed E-state index contributed by atoms with van der Waals surface area (Å²) in [5.41, 5.74) is -0.168. The van der Waals surface area contributed by atoms with Gasteiger partial charge >= 0.3 is 0 Å². The molecule has 1 aliphatic rings. The van der Waals surface area contributed by atoms with Gasteiger partial charge in [-0.15, -0.1) is 0 Å². The first kappa shape index (κ1) is 25.3. The van der Waals surface area contributed by atoms with Crippen molar-refractivity contribution >= 4 is 28.9 Å². The van der Waals surface area contributed by atoms with Crippen molar-refractivity contribution in [1.29, 1.82) is 5.26 Å². The molecule has 36 heavy (non-hydrogen) atoms. The highest BCUT2D eigenvalue weighted by atomic mass is 35.5. The molecule has 0 aliphatic carbocycles. The van der Waals surface area contributed by atoms with Gasteiger partial charge in [-0.05, 0) is 61.4 Å². The molecule has 3 aromatic rings. The Morgan fingerprint density at radius 3 is 2.58 bits per heavy atom. The second-order valence-electron chi connectivity index (χ2n) is 8.64. The average molecular weight is 515 g/mol. The molecule has 0 radical (unpaired) electrons. The first-order chi connectivity index (χ1) is 17.1. The van der Waals surface area contributed by atoms with Crippen LogP contribution < -0.4 is 15.8 Å². The summed E-state index contributed by atoms with van der Waals surface area (Å²) in [6.45, 7) is 0.425. The van der Waals surface area contributed by atoms with Crippen molar-refractivity contribution < 1.29 is 18.0 Å². The number of carbonyl (C=O) groups excluding carboxylic acids is 1. The summed E-state index contributed by atoms with van der Waals surface area (Å²) >= 11 is 5.82. The van der Waals surface area contributed by atoms with Crippen molar-refractivity contribution in [3.05, 3.63) is 92.6 Å². The maximum Gasteiger partial charge on any atom is 0.279 e. The van der Waals surface area contributed by atoms with E-state index in [0.717, 1.165) is 12.1 Å². The largest absolute Gasteiger partial charge is 0.370 e. The van der Waals surface area contributed by atoms with Crippen LogP contribution in [0, 0.1) is 23.1 Å². The molecule has 6 nitrogen and oxygen atoms in total. The number of anilines is 2. The fraction of sp³-hybridized carbons (Fsp3) is 0.269. The number of hydrogen-bond donors (Lipinski definition) is 1. The highest BCUT2D eigenvalue weighted by Crippen LogP contribution is 2.44. The summed E-state index contributed by atoms with van der Waals surface area (Å²) < 4.78 is 45.8. The van der Waals surface area contributed by atoms with Crippen LogP contribution in [0.3, 0.4) is 0 Å². The van der Waals surface area contributed by atoms with Gasteiger partial charge in [0, 0.05) is 37.3 Å². The van der Waals surface area contributed by atoms with Crippen molar-refractivity contribution in [2.75, 3.05) is 23.3 Å². The Balaban J connectivity index is 1.56. The molecule has 1 amide bonds. The van der Waals surface area contributed by atoms with E-state index >= 15 is 8.78 Å². The van der Waals surface area contributed by atoms with Gasteiger partial charge in [-0.1, -0.05) is 11.6 Å². The molecular weight excluding hydrogens is 493 g/mol. The van der Waals surface area contributed by atoms with E-state index in [1.54, 1.807) is 18.2 Å². The molecule has 1 aromatic heterocycles. The molecule has 1 fully saturated rings. The van der Waals surface area contributed by atoms with Gasteiger partial charge in [-0.25, -0.2) is 13.2 Å². The maximum atomic E-state index is 15.2. The van der Waals surface area contributed by atoms with Crippen LogP contribution in [0.25, 0.3) is 0 Å². The number of nitrogens with zero attached hydrogens (tertiary/aromatic N) is 3. The Kier molecular flexibility index (Phi) is 7.09. The molecule has 0 atom stereocenters. The monoisotopic (exact) mass is 514 g/mol. The first-order valence-corrected chi connectivity index (χ1v) is 11.6. The molecule has 0 saturated carbocycles. The zero-order chi connectivity index (χ0) is 26.0. The molecule has 4 rings (SSSR count). The molecular formula is C26H22ClF3N4O2. The second-order valence-corrected chi connectivity index (χ2v) is 9.08. The Hall–Kier alpha value is -3.77. The zero-order valence-electron chi connectivity index (χ0n) is 19.3. The first-order valence-electron chi connectivity index (χ1n) is 11.2. The van der Waals surface area contributed by atoms with Crippen LogP contribution in [-0.2, 0) is 13.0 Å². The van der Waals surface area contributed by atoms with Gasteiger partial charge < -0.3 is 14.8 Å². The molecule has 10 heteroatoms. The second kappa shape index (κ2) is 10.1. The molecule has 1 saturated heterocycles. The Bertz CT molecular complexity index is 1410. The number of benzene rings is 2. The Morgan fingerprint density at radius 1 is 1.17 bits per heavy atom. The number of halogens is 4. The normalized spacial score (nSPS) is 14.4. The third-order valence-corrected chi connectivity index (χ3v) is 6.61. The summed E-state index contributed by atoms with van der Waals surface area (Å²) in [7, 11) is 1.52. The lowest BCUT2D eigenvalue weighted by Gasteiger charge is -2.38. The van der Waals surface area contributed by atoms with Crippen LogP contribution in [0.2, 0.25) is 5.02 Å². The summed E-state index contributed by atoms with van der Waals surface area (Å²) in [4.78, 5) is 27.0. The smallest absolute Gasteiger partial charge is 0.279 e. The van der Waals surface area contributed by atoms with Crippen LogP contribution >= 0.6 is 11.6 Å². The standard InChI is InChI=1S/C26H22ClF3N4O2/c1-33-10-2-3-19(25(33)36)24(35)32-22-13-16(15-31)4-7-23(22)34-11-8-17(9-12-34)26(29,30)20-14-18(27)5-6-21(20)28/h2-7,10,13-14,17H,8-9,11-12H2,1H3,(H,32,35). The number of aromatic nitrogens is 1. The van der Waals surface area contributed by atoms with Gasteiger partial charge in [0.25, 0.3) is 17.4 Å². The van der Waals surface area contributed by atoms with E-state index in [9.17, 15) is 19.2 Å². The lowest BCUT2D eigenvalue weighted by molar-refractivity contribution is -0.0760. The minimum Gasteiger partial charge on any atom is -0.370 e. The highest BCUT2D eigenvalue weighted by molar-refractivity contribution is 6.30. The quantitative estimate of drug-likeness (QED) is 0.500. The molecule has 0 spiro atoms. The van der Waals surface area contributed by atoms with Gasteiger partial charge in [-0.2, -0.15) is 5.26 Å². The third-order valence-electron chi connectivity index (χ3n) is 6.38. The van der Waals surface area contributed by atoms with E-state index in [-0.39, 0.29) is 47.8 Å². The number of aryl methyl sites for hydroxylation is 1. The number of alkyl halides is 2. The lowest BCUT2D eigenvalue weighted by Crippen LogP contribution is -2.40. The Morgan fingerprint density at radius 2 is 1.89 bits per heavy atom. The Labute approximate surface area is 210 Å². The number of hydrogen-bond acceptors (Lipinski definition) is 4. The zero-order valence-corrected chi connectivity index (χ0v) is 20.0. The number of carbonyl (C=O) groups is 1. The molecule has 186 valence electrons. The van der Waals surface area contributed by atoms with Crippen molar-refractivity contribution in [1.82, 2.24) is 4.57 Å². The third kappa shape index (κ3) is 4.95. The predicted octanol–water partition coefficient (Wildman–Crippen LogP) is 5.31. The topological polar surface area (TPSA) is 78.1 Å². The van der Waals surface area contributed by atoms with E-state index in [4.69, 9.17) is 11.6 Å². The number of nitriles is 1. The molecule has 0 bridgehead atoms. The number of rotatable bonds is 5. The van der Waals surface area contributed by atoms with E-state index in [1.165, 1.54) is 36.0 Å². The fourth-order valence-corrected chi connectivity index (χ4v) is 4.57. The summed E-state index contributed by atoms with van der Waals surface area (Å²) in [5.74, 6) is -6.16.